The van der Waals surface area contributed by atoms with Crippen molar-refractivity contribution in [1.82, 2.24) is 5.43 Å². The number of hydrazine groups is 1. The molecule has 8 heteroatoms. The van der Waals surface area contributed by atoms with E-state index in [1.165, 1.54) is 0 Å². The predicted octanol–water partition coefficient (Wildman–Crippen LogP) is 0.941. The SMILES string of the molecule is NNCP(=O)(OCl)OCl. The van der Waals surface area contributed by atoms with Crippen molar-refractivity contribution in [1.29, 1.82) is 0 Å². The Hall–Kier alpha value is 0.650. The summed E-state index contributed by atoms with van der Waals surface area (Å²) in [6.45, 7) is 0. The van der Waals surface area contributed by atoms with E-state index in [1.54, 1.807) is 0 Å². The van der Waals surface area contributed by atoms with Crippen LogP contribution in [0.5, 0.6) is 0 Å². The van der Waals surface area contributed by atoms with Crippen LogP contribution in [0.2, 0.25) is 0 Å². The summed E-state index contributed by atoms with van der Waals surface area (Å²) in [5.41, 5.74) is 2.03. The molecule has 0 atom stereocenters. The molecular weight excluding hydrogens is 190 g/mol. The quantitative estimate of drug-likeness (QED) is 0.396. The van der Waals surface area contributed by atoms with E-state index in [2.05, 4.69) is 8.15 Å². The van der Waals surface area contributed by atoms with Gasteiger partial charge in [-0.2, -0.15) is 8.15 Å². The van der Waals surface area contributed by atoms with Crippen molar-refractivity contribution >= 4 is 31.3 Å². The van der Waals surface area contributed by atoms with Gasteiger partial charge in [0.05, 0.1) is 23.7 Å². The maximum atomic E-state index is 10.7. The number of rotatable bonds is 4. The first-order valence-corrected chi connectivity index (χ1v) is 4.16. The standard InChI is InChI=1S/CH5Cl2N2O3P/c2-7-9(6,8-3)1-5-4/h5H,1,4H2. The Kier molecular flexibility index (Phi) is 4.79. The molecule has 0 aliphatic heterocycles. The summed E-state index contributed by atoms with van der Waals surface area (Å²) in [7, 11) is -3.39. The van der Waals surface area contributed by atoms with Gasteiger partial charge in [0.25, 0.3) is 0 Å². The molecule has 5 nitrogen and oxygen atoms in total. The van der Waals surface area contributed by atoms with Crippen molar-refractivity contribution in [3.8, 4) is 0 Å². The Balaban J connectivity index is 3.78. The highest BCUT2D eigenvalue weighted by molar-refractivity contribution is 7.55. The van der Waals surface area contributed by atoms with Crippen molar-refractivity contribution in [2.24, 2.45) is 5.84 Å². The average Bonchev–Trinajstić information content (AvgIpc) is 1.89. The molecule has 0 saturated carbocycles. The molecule has 0 bridgehead atoms. The lowest BCUT2D eigenvalue weighted by Gasteiger charge is -2.06. The van der Waals surface area contributed by atoms with Crippen molar-refractivity contribution in [2.75, 3.05) is 6.29 Å². The zero-order valence-corrected chi connectivity index (χ0v) is 6.62. The van der Waals surface area contributed by atoms with Gasteiger partial charge in [0.2, 0.25) is 0 Å². The average molecular weight is 195 g/mol. The molecule has 0 amide bonds. The van der Waals surface area contributed by atoms with Crippen LogP contribution in [0, 0.1) is 0 Å². The third kappa shape index (κ3) is 3.37. The van der Waals surface area contributed by atoms with E-state index in [0.717, 1.165) is 0 Å². The fourth-order valence-corrected chi connectivity index (χ4v) is 1.06. The first-order valence-electron chi connectivity index (χ1n) is 1.81. The molecule has 9 heavy (non-hydrogen) atoms. The largest absolute Gasteiger partial charge is 0.378 e. The first kappa shape index (κ1) is 9.65. The van der Waals surface area contributed by atoms with E-state index < -0.39 is 7.60 Å². The van der Waals surface area contributed by atoms with Crippen molar-refractivity contribution in [3.05, 3.63) is 0 Å². The molecule has 0 spiro atoms. The van der Waals surface area contributed by atoms with Gasteiger partial charge in [0, 0.05) is 0 Å². The lowest BCUT2D eigenvalue weighted by Crippen LogP contribution is -2.23. The Labute approximate surface area is 62.2 Å². The minimum absolute atomic E-state index is 0.236. The van der Waals surface area contributed by atoms with Gasteiger partial charge in [0.1, 0.15) is 6.29 Å². The minimum atomic E-state index is -3.39. The van der Waals surface area contributed by atoms with Crippen LogP contribution in [0.4, 0.5) is 0 Å². The highest BCUT2D eigenvalue weighted by Gasteiger charge is 2.22. The summed E-state index contributed by atoms with van der Waals surface area (Å²) < 4.78 is 18.4. The van der Waals surface area contributed by atoms with Gasteiger partial charge in [-0.05, 0) is 0 Å². The molecule has 0 saturated heterocycles. The Morgan fingerprint density at radius 3 is 2.11 bits per heavy atom. The van der Waals surface area contributed by atoms with Gasteiger partial charge in [-0.1, -0.05) is 0 Å². The van der Waals surface area contributed by atoms with E-state index in [9.17, 15) is 4.57 Å². The number of hydrogen-bond donors (Lipinski definition) is 2. The number of nitrogens with two attached hydrogens (primary N) is 1. The van der Waals surface area contributed by atoms with Crippen LogP contribution >= 0.6 is 31.3 Å². The predicted molar refractivity (Wildman–Crippen MR) is 33.7 cm³/mol. The lowest BCUT2D eigenvalue weighted by molar-refractivity contribution is 0.410. The zero-order chi connectivity index (χ0) is 7.33. The van der Waals surface area contributed by atoms with Gasteiger partial charge in [-0.25, -0.2) is 5.43 Å². The zero-order valence-electron chi connectivity index (χ0n) is 4.21. The summed E-state index contributed by atoms with van der Waals surface area (Å²) in [5, 5.41) is 0. The van der Waals surface area contributed by atoms with Crippen LogP contribution in [0.3, 0.4) is 0 Å². The van der Waals surface area contributed by atoms with Gasteiger partial charge in [0.15, 0.2) is 0 Å². The maximum absolute atomic E-state index is 10.7. The van der Waals surface area contributed by atoms with Gasteiger partial charge >= 0.3 is 7.60 Å². The topological polar surface area (TPSA) is 73.6 Å². The fourth-order valence-electron chi connectivity index (χ4n) is 0.171. The van der Waals surface area contributed by atoms with Crippen LogP contribution in [0.15, 0.2) is 0 Å². The van der Waals surface area contributed by atoms with Gasteiger partial charge < -0.3 is 0 Å². The first-order chi connectivity index (χ1) is 4.18. The number of halogens is 2. The van der Waals surface area contributed by atoms with Crippen molar-refractivity contribution < 1.29 is 12.7 Å². The van der Waals surface area contributed by atoms with E-state index in [1.807, 2.05) is 5.43 Å². The normalized spacial score (nSPS) is 11.9. The summed E-state index contributed by atoms with van der Waals surface area (Å²) in [6.07, 6.45) is -0.236. The van der Waals surface area contributed by atoms with Crippen LogP contribution in [-0.2, 0) is 12.7 Å². The molecular formula is CH5Cl2N2O3P. The molecule has 0 aliphatic rings. The molecule has 56 valence electrons. The minimum Gasteiger partial charge on any atom is -0.271 e. The molecule has 0 aromatic heterocycles. The Morgan fingerprint density at radius 1 is 1.56 bits per heavy atom. The van der Waals surface area contributed by atoms with Crippen molar-refractivity contribution in [3.63, 3.8) is 0 Å². The third-order valence-corrected chi connectivity index (χ3v) is 2.75. The number of hydrogen-bond acceptors (Lipinski definition) is 5. The molecule has 0 rings (SSSR count). The van der Waals surface area contributed by atoms with Crippen LogP contribution < -0.4 is 11.3 Å². The molecule has 0 radical (unpaired) electrons. The van der Waals surface area contributed by atoms with Crippen molar-refractivity contribution in [2.45, 2.75) is 0 Å². The lowest BCUT2D eigenvalue weighted by atomic mass is 11.5. The highest BCUT2D eigenvalue weighted by Crippen LogP contribution is 2.49. The monoisotopic (exact) mass is 194 g/mol. The molecule has 0 aromatic rings. The molecule has 0 heterocycles. The second-order valence-electron chi connectivity index (χ2n) is 1.11. The van der Waals surface area contributed by atoms with Crippen LogP contribution in [0.1, 0.15) is 0 Å². The van der Waals surface area contributed by atoms with Crippen LogP contribution in [-0.4, -0.2) is 6.29 Å². The number of nitrogens with one attached hydrogen (secondary N) is 1. The Bertz CT molecular complexity index is 112. The molecule has 0 aliphatic carbocycles. The Morgan fingerprint density at radius 2 is 2.00 bits per heavy atom. The summed E-state index contributed by atoms with van der Waals surface area (Å²) in [6, 6.07) is 0. The fraction of sp³-hybridized carbons (Fsp3) is 1.00. The second-order valence-corrected chi connectivity index (χ2v) is 3.75. The second kappa shape index (κ2) is 4.46. The van der Waals surface area contributed by atoms with E-state index in [4.69, 9.17) is 29.6 Å². The smallest absolute Gasteiger partial charge is 0.271 e. The summed E-state index contributed by atoms with van der Waals surface area (Å²) in [5.74, 6) is 4.77. The van der Waals surface area contributed by atoms with Crippen LogP contribution in [0.25, 0.3) is 0 Å². The third-order valence-electron chi connectivity index (χ3n) is 0.495. The molecule has 3 N–H and O–H groups in total. The van der Waals surface area contributed by atoms with E-state index in [0.29, 0.717) is 0 Å². The maximum Gasteiger partial charge on any atom is 0.378 e. The highest BCUT2D eigenvalue weighted by atomic mass is 35.5. The van der Waals surface area contributed by atoms with Gasteiger partial charge in [-0.3, -0.25) is 10.4 Å². The molecule has 0 unspecified atom stereocenters. The molecule has 0 fully saturated rings. The summed E-state index contributed by atoms with van der Waals surface area (Å²) >= 11 is 9.44. The van der Waals surface area contributed by atoms with Gasteiger partial charge in [-0.15, -0.1) is 0 Å². The van der Waals surface area contributed by atoms with E-state index in [-0.39, 0.29) is 6.29 Å². The molecule has 0 aromatic carbocycles. The summed E-state index contributed by atoms with van der Waals surface area (Å²) in [4.78, 5) is 0. The van der Waals surface area contributed by atoms with E-state index >= 15 is 0 Å².